The summed E-state index contributed by atoms with van der Waals surface area (Å²) in [5, 5.41) is 6.87. The molecule has 61 heavy (non-hydrogen) atoms. The van der Waals surface area contributed by atoms with Crippen LogP contribution in [0.1, 0.15) is 55.6 Å². The zero-order valence-electron chi connectivity index (χ0n) is 34.0. The highest BCUT2D eigenvalue weighted by molar-refractivity contribution is 6.24. The number of nitrogens with zero attached hydrogens (tertiary/aromatic N) is 4. The maximum atomic E-state index is 7.32. The van der Waals surface area contributed by atoms with Crippen LogP contribution in [0.15, 0.2) is 168 Å². The molecule has 9 aromatic rings. The van der Waals surface area contributed by atoms with Gasteiger partial charge in [-0.3, -0.25) is 0 Å². The van der Waals surface area contributed by atoms with E-state index in [9.17, 15) is 0 Å². The smallest absolute Gasteiger partial charge is 0.167 e. The molecule has 1 unspecified atom stereocenters. The molecule has 2 aromatic heterocycles. The van der Waals surface area contributed by atoms with E-state index in [1.54, 1.807) is 0 Å². The summed E-state index contributed by atoms with van der Waals surface area (Å²) in [6, 6.07) is 46.5. The highest BCUT2D eigenvalue weighted by atomic mass is 16.3. The minimum atomic E-state index is -0.152. The lowest BCUT2D eigenvalue weighted by Gasteiger charge is -2.28. The van der Waals surface area contributed by atoms with E-state index in [2.05, 4.69) is 183 Å². The van der Waals surface area contributed by atoms with Gasteiger partial charge in [0, 0.05) is 27.3 Å². The third-order valence-electron chi connectivity index (χ3n) is 13.6. The number of furan rings is 1. The molecule has 1 atom stereocenters. The molecule has 3 heterocycles. The van der Waals surface area contributed by atoms with E-state index in [4.69, 9.17) is 19.4 Å². The monoisotopic (exact) mass is 784 g/mol. The van der Waals surface area contributed by atoms with Crippen LogP contribution in [-0.2, 0) is 5.41 Å². The molecular formula is C56H40N4O. The molecule has 4 aliphatic rings. The Labute approximate surface area is 353 Å². The van der Waals surface area contributed by atoms with Crippen LogP contribution in [0.2, 0.25) is 0 Å². The molecule has 13 rings (SSSR count). The van der Waals surface area contributed by atoms with Gasteiger partial charge in [-0.25, -0.2) is 15.0 Å². The maximum Gasteiger partial charge on any atom is 0.167 e. The van der Waals surface area contributed by atoms with Gasteiger partial charge in [-0.2, -0.15) is 0 Å². The first-order valence-corrected chi connectivity index (χ1v) is 21.4. The average Bonchev–Trinajstić information content (AvgIpc) is 3.94. The van der Waals surface area contributed by atoms with Crippen LogP contribution in [0, 0.1) is 0 Å². The molecular weight excluding hydrogens is 745 g/mol. The van der Waals surface area contributed by atoms with Crippen molar-refractivity contribution in [3.8, 4) is 33.9 Å². The van der Waals surface area contributed by atoms with Gasteiger partial charge in [0.1, 0.15) is 5.58 Å². The van der Waals surface area contributed by atoms with Crippen molar-refractivity contribution in [1.82, 2.24) is 15.0 Å². The first kappa shape index (κ1) is 34.5. The predicted molar refractivity (Wildman–Crippen MR) is 251 cm³/mol. The van der Waals surface area contributed by atoms with Crippen LogP contribution in [-0.4, -0.2) is 21.0 Å². The SMILES string of the molecule is CC1(C)c2ccccc2-c2ccc(-c3nc(C4=CC=CCC4)nc(-c4cc5ccccc5c5c4oc4c(N6c7cc8ccccc8cc7C7=CC=CCC76)cccc45)n3)cc21. The molecule has 290 valence electrons. The van der Waals surface area contributed by atoms with Crippen molar-refractivity contribution in [3.05, 3.63) is 186 Å². The summed E-state index contributed by atoms with van der Waals surface area (Å²) in [6.45, 7) is 4.63. The Hall–Kier alpha value is -7.37. The molecule has 5 heteroatoms. The van der Waals surface area contributed by atoms with E-state index in [-0.39, 0.29) is 11.5 Å². The van der Waals surface area contributed by atoms with Crippen molar-refractivity contribution < 1.29 is 4.42 Å². The van der Waals surface area contributed by atoms with E-state index in [1.165, 1.54) is 49.9 Å². The van der Waals surface area contributed by atoms with Crippen LogP contribution in [0.25, 0.3) is 88.5 Å². The summed E-state index contributed by atoms with van der Waals surface area (Å²) in [6.07, 6.45) is 16.0. The van der Waals surface area contributed by atoms with Crippen molar-refractivity contribution in [2.75, 3.05) is 4.90 Å². The average molecular weight is 785 g/mol. The molecule has 0 spiro atoms. The number of para-hydroxylation sites is 1. The van der Waals surface area contributed by atoms with Crippen LogP contribution >= 0.6 is 0 Å². The zero-order valence-corrected chi connectivity index (χ0v) is 34.0. The summed E-state index contributed by atoms with van der Waals surface area (Å²) in [5.74, 6) is 1.97. The summed E-state index contributed by atoms with van der Waals surface area (Å²) < 4.78 is 7.32. The van der Waals surface area contributed by atoms with Crippen molar-refractivity contribution in [2.45, 2.75) is 44.6 Å². The Kier molecular flexibility index (Phi) is 7.25. The minimum absolute atomic E-state index is 0.152. The van der Waals surface area contributed by atoms with Gasteiger partial charge in [0.05, 0.1) is 23.0 Å². The molecule has 0 saturated heterocycles. The largest absolute Gasteiger partial charge is 0.453 e. The van der Waals surface area contributed by atoms with Crippen molar-refractivity contribution in [1.29, 1.82) is 0 Å². The van der Waals surface area contributed by atoms with Gasteiger partial charge >= 0.3 is 0 Å². The minimum Gasteiger partial charge on any atom is -0.453 e. The van der Waals surface area contributed by atoms with Gasteiger partial charge in [0.2, 0.25) is 0 Å². The fraction of sp³-hybridized carbons (Fsp3) is 0.125. The number of allylic oxidation sites excluding steroid dienone is 6. The zero-order chi connectivity index (χ0) is 40.4. The van der Waals surface area contributed by atoms with Crippen molar-refractivity contribution in [2.24, 2.45) is 0 Å². The topological polar surface area (TPSA) is 55.1 Å². The number of benzene rings is 7. The Morgan fingerprint density at radius 2 is 1.31 bits per heavy atom. The molecule has 7 aromatic carbocycles. The van der Waals surface area contributed by atoms with Gasteiger partial charge < -0.3 is 9.32 Å². The van der Waals surface area contributed by atoms with Crippen LogP contribution in [0.4, 0.5) is 11.4 Å². The van der Waals surface area contributed by atoms with E-state index in [0.717, 1.165) is 74.4 Å². The second-order valence-corrected chi connectivity index (χ2v) is 17.4. The molecule has 0 amide bonds. The van der Waals surface area contributed by atoms with Crippen LogP contribution in [0.3, 0.4) is 0 Å². The molecule has 0 fully saturated rings. The summed E-state index contributed by atoms with van der Waals surface area (Å²) in [4.78, 5) is 18.4. The first-order chi connectivity index (χ1) is 30.0. The van der Waals surface area contributed by atoms with Gasteiger partial charge in [-0.05, 0) is 105 Å². The van der Waals surface area contributed by atoms with Crippen LogP contribution in [0.5, 0.6) is 0 Å². The van der Waals surface area contributed by atoms with Gasteiger partial charge in [0.25, 0.3) is 0 Å². The summed E-state index contributed by atoms with van der Waals surface area (Å²) in [7, 11) is 0. The van der Waals surface area contributed by atoms with Gasteiger partial charge in [0.15, 0.2) is 23.1 Å². The Morgan fingerprint density at radius 3 is 2.20 bits per heavy atom. The number of hydrogen-bond donors (Lipinski definition) is 0. The van der Waals surface area contributed by atoms with Gasteiger partial charge in [-0.1, -0.05) is 147 Å². The quantitative estimate of drug-likeness (QED) is 0.178. The fourth-order valence-corrected chi connectivity index (χ4v) is 10.6. The summed E-state index contributed by atoms with van der Waals surface area (Å²) in [5.41, 5.74) is 14.5. The van der Waals surface area contributed by atoms with E-state index < -0.39 is 0 Å². The Bertz CT molecular complexity index is 3510. The van der Waals surface area contributed by atoms with Gasteiger partial charge in [-0.15, -0.1) is 0 Å². The molecule has 0 N–H and O–H groups in total. The number of fused-ring (bicyclic) bond motifs is 12. The lowest BCUT2D eigenvalue weighted by Crippen LogP contribution is -2.27. The third kappa shape index (κ3) is 5.04. The van der Waals surface area contributed by atoms with Crippen molar-refractivity contribution in [3.63, 3.8) is 0 Å². The van der Waals surface area contributed by atoms with E-state index in [1.807, 2.05) is 0 Å². The molecule has 0 radical (unpaired) electrons. The number of hydrogen-bond acceptors (Lipinski definition) is 5. The molecule has 0 saturated carbocycles. The lowest BCUT2D eigenvalue weighted by molar-refractivity contribution is 0.660. The number of aromatic nitrogens is 3. The standard InChI is InChI=1S/C56H40N4O/c1-56(2)45-24-12-10-21-39(45)40-28-27-37(31-46(40)56)54-57-53(33-15-4-3-5-16-33)58-55(59-54)44-30-36-19-8-9-20-38(36)50-42-23-14-26-48(51(42)61-52(44)50)60-47-25-13-11-22-41(47)43-29-34-17-6-7-18-35(34)32-49(43)60/h3-4,6-15,17-24,26-32,47H,5,16,25H2,1-2H3. The van der Waals surface area contributed by atoms with E-state index >= 15 is 0 Å². The van der Waals surface area contributed by atoms with Crippen molar-refractivity contribution >= 4 is 66.0 Å². The number of anilines is 2. The number of rotatable bonds is 4. The summed E-state index contributed by atoms with van der Waals surface area (Å²) >= 11 is 0. The molecule has 0 bridgehead atoms. The van der Waals surface area contributed by atoms with Crippen LogP contribution < -0.4 is 4.90 Å². The first-order valence-electron chi connectivity index (χ1n) is 21.4. The van der Waals surface area contributed by atoms with E-state index in [0.29, 0.717) is 17.5 Å². The second-order valence-electron chi connectivity index (χ2n) is 17.4. The molecule has 3 aliphatic carbocycles. The Morgan fingerprint density at radius 1 is 0.574 bits per heavy atom. The molecule has 1 aliphatic heterocycles. The fourth-order valence-electron chi connectivity index (χ4n) is 10.6. The molecule has 5 nitrogen and oxygen atoms in total. The highest BCUT2D eigenvalue weighted by Crippen LogP contribution is 2.53. The Balaban J connectivity index is 1.05. The predicted octanol–water partition coefficient (Wildman–Crippen LogP) is 14.3. The second kappa shape index (κ2) is 12.8. The maximum absolute atomic E-state index is 7.32. The lowest BCUT2D eigenvalue weighted by atomic mass is 9.82. The normalized spacial score (nSPS) is 17.1. The third-order valence-corrected chi connectivity index (χ3v) is 13.6. The highest BCUT2D eigenvalue weighted by Gasteiger charge is 2.38.